The van der Waals surface area contributed by atoms with Gasteiger partial charge in [-0.2, -0.15) is 0 Å². The highest BCUT2D eigenvalue weighted by atomic mass is 35.5. The van der Waals surface area contributed by atoms with E-state index in [-0.39, 0.29) is 0 Å². The Morgan fingerprint density at radius 3 is 2.55 bits per heavy atom. The van der Waals surface area contributed by atoms with Gasteiger partial charge >= 0.3 is 0 Å². The standard InChI is InChI=1S/C16H14ClNOS/c1-18-10-16(20-13-6-3-11(17)4-7-13)14-9-12(19-2)5-8-15(14)18/h3-10H,1-2H3. The summed E-state index contributed by atoms with van der Waals surface area (Å²) in [5, 5.41) is 1.96. The Balaban J connectivity index is 2.04. The summed E-state index contributed by atoms with van der Waals surface area (Å²) in [5.41, 5.74) is 1.20. The predicted octanol–water partition coefficient (Wildman–Crippen LogP) is 4.99. The van der Waals surface area contributed by atoms with E-state index in [0.717, 1.165) is 10.8 Å². The lowest BCUT2D eigenvalue weighted by molar-refractivity contribution is 0.415. The maximum absolute atomic E-state index is 5.92. The van der Waals surface area contributed by atoms with Crippen molar-refractivity contribution in [3.05, 3.63) is 53.7 Å². The van der Waals surface area contributed by atoms with Crippen molar-refractivity contribution < 1.29 is 4.74 Å². The topological polar surface area (TPSA) is 14.2 Å². The van der Waals surface area contributed by atoms with Gasteiger partial charge in [-0.25, -0.2) is 0 Å². The van der Waals surface area contributed by atoms with Crippen LogP contribution in [-0.4, -0.2) is 11.7 Å². The highest BCUT2D eigenvalue weighted by molar-refractivity contribution is 7.99. The minimum atomic E-state index is 0.758. The Labute approximate surface area is 127 Å². The first-order valence-electron chi connectivity index (χ1n) is 6.24. The predicted molar refractivity (Wildman–Crippen MR) is 85.0 cm³/mol. The Morgan fingerprint density at radius 2 is 1.85 bits per heavy atom. The van der Waals surface area contributed by atoms with Crippen molar-refractivity contribution in [2.24, 2.45) is 7.05 Å². The van der Waals surface area contributed by atoms with Gasteiger partial charge in [-0.1, -0.05) is 23.4 Å². The Morgan fingerprint density at radius 1 is 1.10 bits per heavy atom. The monoisotopic (exact) mass is 303 g/mol. The molecule has 0 radical (unpaired) electrons. The zero-order valence-corrected chi connectivity index (χ0v) is 12.8. The van der Waals surface area contributed by atoms with Crippen molar-refractivity contribution in [2.75, 3.05) is 7.11 Å². The lowest BCUT2D eigenvalue weighted by Gasteiger charge is -2.02. The molecule has 0 bridgehead atoms. The first kappa shape index (κ1) is 13.4. The fraction of sp³-hybridized carbons (Fsp3) is 0.125. The summed E-state index contributed by atoms with van der Waals surface area (Å²) in [7, 11) is 3.75. The second-order valence-electron chi connectivity index (χ2n) is 4.54. The largest absolute Gasteiger partial charge is 0.497 e. The molecule has 0 aliphatic rings. The normalized spacial score (nSPS) is 10.9. The second-order valence-corrected chi connectivity index (χ2v) is 6.10. The van der Waals surface area contributed by atoms with Crippen molar-refractivity contribution in [1.29, 1.82) is 0 Å². The van der Waals surface area contributed by atoms with Crippen LogP contribution in [0.5, 0.6) is 5.75 Å². The summed E-state index contributed by atoms with van der Waals surface area (Å²) < 4.78 is 7.45. The molecule has 0 aliphatic carbocycles. The van der Waals surface area contributed by atoms with Crippen molar-refractivity contribution in [3.63, 3.8) is 0 Å². The molecule has 3 rings (SSSR count). The molecule has 3 aromatic rings. The molecule has 0 spiro atoms. The van der Waals surface area contributed by atoms with Gasteiger partial charge in [0.2, 0.25) is 0 Å². The van der Waals surface area contributed by atoms with E-state index in [1.807, 2.05) is 30.3 Å². The van der Waals surface area contributed by atoms with Gasteiger partial charge in [0.25, 0.3) is 0 Å². The van der Waals surface area contributed by atoms with Crippen LogP contribution in [0.15, 0.2) is 58.5 Å². The summed E-state index contributed by atoms with van der Waals surface area (Å²) >= 11 is 7.65. The molecule has 0 saturated carbocycles. The molecule has 2 aromatic carbocycles. The number of halogens is 1. The van der Waals surface area contributed by atoms with E-state index in [1.165, 1.54) is 20.7 Å². The van der Waals surface area contributed by atoms with Crippen LogP contribution in [0.1, 0.15) is 0 Å². The van der Waals surface area contributed by atoms with Crippen molar-refractivity contribution in [1.82, 2.24) is 4.57 Å². The van der Waals surface area contributed by atoms with Gasteiger partial charge in [0.15, 0.2) is 0 Å². The Kier molecular flexibility index (Phi) is 3.64. The van der Waals surface area contributed by atoms with Crippen molar-refractivity contribution >= 4 is 34.3 Å². The third-order valence-electron chi connectivity index (χ3n) is 3.20. The van der Waals surface area contributed by atoms with Gasteiger partial charge in [0.1, 0.15) is 5.75 Å². The number of fused-ring (bicyclic) bond motifs is 1. The van der Waals surface area contributed by atoms with Gasteiger partial charge in [0, 0.05) is 39.0 Å². The first-order valence-corrected chi connectivity index (χ1v) is 7.43. The Bertz CT molecular complexity index is 749. The molecular weight excluding hydrogens is 290 g/mol. The summed E-state index contributed by atoms with van der Waals surface area (Å²) in [6.45, 7) is 0. The van der Waals surface area contributed by atoms with Gasteiger partial charge in [-0.05, 0) is 42.5 Å². The van der Waals surface area contributed by atoms with Crippen LogP contribution < -0.4 is 4.74 Å². The molecule has 0 amide bonds. The van der Waals surface area contributed by atoms with Gasteiger partial charge < -0.3 is 9.30 Å². The van der Waals surface area contributed by atoms with Crippen LogP contribution >= 0.6 is 23.4 Å². The highest BCUT2D eigenvalue weighted by Crippen LogP contribution is 2.36. The number of hydrogen-bond donors (Lipinski definition) is 0. The van der Waals surface area contributed by atoms with Gasteiger partial charge in [-0.3, -0.25) is 0 Å². The Hall–Kier alpha value is -1.58. The fourth-order valence-corrected chi connectivity index (χ4v) is 3.31. The third kappa shape index (κ3) is 2.51. The number of benzene rings is 2. The van der Waals surface area contributed by atoms with E-state index in [4.69, 9.17) is 16.3 Å². The van der Waals surface area contributed by atoms with Crippen LogP contribution in [0.4, 0.5) is 0 Å². The number of ether oxygens (including phenoxy) is 1. The molecule has 0 fully saturated rings. The number of methoxy groups -OCH3 is 1. The van der Waals surface area contributed by atoms with E-state index in [2.05, 4.69) is 29.9 Å². The molecule has 20 heavy (non-hydrogen) atoms. The molecule has 102 valence electrons. The van der Waals surface area contributed by atoms with Gasteiger partial charge in [0.05, 0.1) is 7.11 Å². The molecule has 0 aliphatic heterocycles. The average Bonchev–Trinajstić information content (AvgIpc) is 2.77. The van der Waals surface area contributed by atoms with Crippen LogP contribution in [0.2, 0.25) is 5.02 Å². The number of hydrogen-bond acceptors (Lipinski definition) is 2. The van der Waals surface area contributed by atoms with Crippen LogP contribution in [0.25, 0.3) is 10.9 Å². The summed E-state index contributed by atoms with van der Waals surface area (Å²) in [4.78, 5) is 2.38. The van der Waals surface area contributed by atoms with E-state index in [1.54, 1.807) is 18.9 Å². The van der Waals surface area contributed by atoms with E-state index >= 15 is 0 Å². The molecular formula is C16H14ClNOS. The SMILES string of the molecule is COc1ccc2c(c1)c(Sc1ccc(Cl)cc1)cn2C. The number of aryl methyl sites for hydroxylation is 1. The zero-order chi connectivity index (χ0) is 14.1. The van der Waals surface area contributed by atoms with E-state index in [9.17, 15) is 0 Å². The van der Waals surface area contributed by atoms with Gasteiger partial charge in [-0.15, -0.1) is 0 Å². The van der Waals surface area contributed by atoms with Crippen LogP contribution in [-0.2, 0) is 7.05 Å². The molecule has 0 unspecified atom stereocenters. The third-order valence-corrected chi connectivity index (χ3v) is 4.51. The summed E-state index contributed by atoms with van der Waals surface area (Å²) in [6.07, 6.45) is 2.14. The fourth-order valence-electron chi connectivity index (χ4n) is 2.17. The number of nitrogens with zero attached hydrogens (tertiary/aromatic N) is 1. The van der Waals surface area contributed by atoms with E-state index in [0.29, 0.717) is 0 Å². The number of rotatable bonds is 3. The lowest BCUT2D eigenvalue weighted by Crippen LogP contribution is -1.84. The van der Waals surface area contributed by atoms with Crippen molar-refractivity contribution in [3.8, 4) is 5.75 Å². The minimum absolute atomic E-state index is 0.758. The van der Waals surface area contributed by atoms with E-state index < -0.39 is 0 Å². The molecule has 2 nitrogen and oxygen atoms in total. The number of aromatic nitrogens is 1. The molecule has 0 N–H and O–H groups in total. The highest BCUT2D eigenvalue weighted by Gasteiger charge is 2.09. The van der Waals surface area contributed by atoms with Crippen LogP contribution in [0, 0.1) is 0 Å². The lowest BCUT2D eigenvalue weighted by atomic mass is 10.2. The smallest absolute Gasteiger partial charge is 0.119 e. The van der Waals surface area contributed by atoms with Crippen molar-refractivity contribution in [2.45, 2.75) is 9.79 Å². The molecule has 0 saturated heterocycles. The summed E-state index contributed by atoms with van der Waals surface area (Å²) in [6, 6.07) is 14.0. The second kappa shape index (κ2) is 5.43. The average molecular weight is 304 g/mol. The maximum atomic E-state index is 5.92. The minimum Gasteiger partial charge on any atom is -0.497 e. The quantitative estimate of drug-likeness (QED) is 0.676. The summed E-state index contributed by atoms with van der Waals surface area (Å²) in [5.74, 6) is 0.877. The molecule has 4 heteroatoms. The first-order chi connectivity index (χ1) is 9.67. The molecule has 1 aromatic heterocycles. The maximum Gasteiger partial charge on any atom is 0.119 e. The molecule has 0 atom stereocenters. The molecule has 1 heterocycles. The van der Waals surface area contributed by atoms with Crippen LogP contribution in [0.3, 0.4) is 0 Å². The zero-order valence-electron chi connectivity index (χ0n) is 11.3.